The van der Waals surface area contributed by atoms with Crippen molar-refractivity contribution >= 4 is 11.4 Å². The third-order valence-electron chi connectivity index (χ3n) is 14.6. The first-order chi connectivity index (χ1) is 29.2. The van der Waals surface area contributed by atoms with E-state index in [9.17, 15) is 0 Å². The van der Waals surface area contributed by atoms with Crippen LogP contribution in [0, 0.1) is 17.8 Å². The van der Waals surface area contributed by atoms with Gasteiger partial charge in [-0.15, -0.1) is 0 Å². The molecule has 0 N–H and O–H groups in total. The number of benzene rings is 7. The van der Waals surface area contributed by atoms with Crippen LogP contribution < -0.4 is 4.90 Å². The molecule has 7 aromatic rings. The molecule has 1 saturated carbocycles. The molecule has 3 aliphatic carbocycles. The van der Waals surface area contributed by atoms with Gasteiger partial charge in [0.05, 0.1) is 10.8 Å². The lowest BCUT2D eigenvalue weighted by molar-refractivity contribution is 0.191. The second-order valence-electron chi connectivity index (χ2n) is 17.8. The van der Waals surface area contributed by atoms with Crippen molar-refractivity contribution in [2.75, 3.05) is 11.4 Å². The number of fused-ring (bicyclic) bond motifs is 9. The second-order valence-corrected chi connectivity index (χ2v) is 17.8. The van der Waals surface area contributed by atoms with Gasteiger partial charge >= 0.3 is 0 Å². The maximum Gasteiger partial charge on any atom is 0.0720 e. The summed E-state index contributed by atoms with van der Waals surface area (Å²) in [6, 6.07) is 69.2. The Hall–Kier alpha value is -5.66. The quantitative estimate of drug-likeness (QED) is 0.127. The number of nitrogens with zero attached hydrogens (tertiary/aromatic N) is 1. The molecule has 1 heteroatoms. The Morgan fingerprint density at radius 1 is 0.475 bits per heavy atom. The molecule has 0 amide bonds. The van der Waals surface area contributed by atoms with Gasteiger partial charge in [0, 0.05) is 17.9 Å². The summed E-state index contributed by atoms with van der Waals surface area (Å²) >= 11 is 0. The van der Waals surface area contributed by atoms with Gasteiger partial charge in [0.2, 0.25) is 0 Å². The molecule has 0 unspecified atom stereocenters. The van der Waals surface area contributed by atoms with E-state index in [0.29, 0.717) is 0 Å². The summed E-state index contributed by atoms with van der Waals surface area (Å²) in [7, 11) is 0. The van der Waals surface area contributed by atoms with E-state index in [1.807, 2.05) is 0 Å². The zero-order valence-corrected chi connectivity index (χ0v) is 34.9. The van der Waals surface area contributed by atoms with Crippen LogP contribution in [-0.2, 0) is 10.8 Å². The minimum absolute atomic E-state index is 0.502. The van der Waals surface area contributed by atoms with E-state index in [1.54, 1.807) is 0 Å². The molecule has 10 rings (SSSR count). The van der Waals surface area contributed by atoms with E-state index >= 15 is 0 Å². The normalized spacial score (nSPS) is 18.6. The summed E-state index contributed by atoms with van der Waals surface area (Å²) in [6.45, 7) is 5.85. The molecule has 0 aromatic heterocycles. The van der Waals surface area contributed by atoms with Gasteiger partial charge in [0.15, 0.2) is 0 Å². The first kappa shape index (κ1) is 37.6. The molecular formula is C58H57N. The Bertz CT molecular complexity index is 2440. The van der Waals surface area contributed by atoms with Crippen LogP contribution in [0.4, 0.5) is 11.4 Å². The van der Waals surface area contributed by atoms with E-state index in [-0.39, 0.29) is 0 Å². The predicted molar refractivity (Wildman–Crippen MR) is 248 cm³/mol. The number of anilines is 2. The lowest BCUT2D eigenvalue weighted by Gasteiger charge is -2.50. The molecule has 1 spiro atoms. The molecule has 0 saturated heterocycles. The predicted octanol–water partition coefficient (Wildman–Crippen LogP) is 14.9. The van der Waals surface area contributed by atoms with Crippen molar-refractivity contribution in [2.45, 2.75) is 76.0 Å². The van der Waals surface area contributed by atoms with E-state index in [2.05, 4.69) is 201 Å². The van der Waals surface area contributed by atoms with E-state index in [0.717, 1.165) is 24.3 Å². The standard InChI is InChI=1S/C58H57N/c1-3-20-43(44-36-34-42(2)35-37-44)21-19-40-59(47-26-11-6-12-27-47)48-38-39-50-49-28-13-14-29-51(49)58(56(50)41-48)54-32-17-15-30-52(54)57(45-22-7-4-8-23-45,46-24-9-5-10-25-46)53-31-16-18-33-55(53)58/h4-18,22-33,38-39,41-44H,3,19-21,34-37,40H2,1-2H3/t42?,43-,44?/m1/s1. The summed E-state index contributed by atoms with van der Waals surface area (Å²) in [6.07, 6.45) is 10.8. The fraction of sp³-hybridized carbons (Fsp3) is 0.276. The Kier molecular flexibility index (Phi) is 10.1. The van der Waals surface area contributed by atoms with Crippen molar-refractivity contribution in [3.8, 4) is 11.1 Å². The van der Waals surface area contributed by atoms with Gasteiger partial charge in [0.25, 0.3) is 0 Å². The Morgan fingerprint density at radius 3 is 1.54 bits per heavy atom. The van der Waals surface area contributed by atoms with Gasteiger partial charge in [0.1, 0.15) is 0 Å². The summed E-state index contributed by atoms with van der Waals surface area (Å²) in [4.78, 5) is 2.63. The highest BCUT2D eigenvalue weighted by atomic mass is 15.1. The van der Waals surface area contributed by atoms with Crippen molar-refractivity contribution in [3.05, 3.63) is 226 Å². The molecule has 1 atom stereocenters. The highest BCUT2D eigenvalue weighted by Gasteiger charge is 2.56. The van der Waals surface area contributed by atoms with Crippen LogP contribution in [0.15, 0.2) is 182 Å². The average Bonchev–Trinajstić information content (AvgIpc) is 3.59. The van der Waals surface area contributed by atoms with Crippen molar-refractivity contribution < 1.29 is 0 Å². The van der Waals surface area contributed by atoms with E-state index in [1.165, 1.54) is 118 Å². The minimum atomic E-state index is -0.505. The molecule has 7 aromatic carbocycles. The molecule has 0 heterocycles. The van der Waals surface area contributed by atoms with Crippen molar-refractivity contribution in [1.82, 2.24) is 0 Å². The van der Waals surface area contributed by atoms with Crippen LogP contribution in [-0.4, -0.2) is 6.54 Å². The molecule has 0 radical (unpaired) electrons. The fourth-order valence-corrected chi connectivity index (χ4v) is 12.0. The molecule has 1 fully saturated rings. The molecule has 0 bridgehead atoms. The first-order valence-corrected chi connectivity index (χ1v) is 22.5. The largest absolute Gasteiger partial charge is 0.341 e. The Balaban J connectivity index is 1.16. The molecule has 3 aliphatic rings. The summed E-state index contributed by atoms with van der Waals surface area (Å²) < 4.78 is 0. The zero-order valence-electron chi connectivity index (χ0n) is 34.9. The first-order valence-electron chi connectivity index (χ1n) is 22.5. The number of hydrogen-bond donors (Lipinski definition) is 0. The molecule has 0 aliphatic heterocycles. The van der Waals surface area contributed by atoms with Gasteiger partial charge in [-0.05, 0) is 123 Å². The average molecular weight is 768 g/mol. The highest BCUT2D eigenvalue weighted by molar-refractivity contribution is 5.91. The number of rotatable bonds is 11. The lowest BCUT2D eigenvalue weighted by atomic mass is 9.51. The zero-order chi connectivity index (χ0) is 39.8. The van der Waals surface area contributed by atoms with Crippen molar-refractivity contribution in [3.63, 3.8) is 0 Å². The van der Waals surface area contributed by atoms with Gasteiger partial charge in [-0.25, -0.2) is 0 Å². The molecule has 294 valence electrons. The highest BCUT2D eigenvalue weighted by Crippen LogP contribution is 2.64. The van der Waals surface area contributed by atoms with Gasteiger partial charge in [-0.2, -0.15) is 0 Å². The van der Waals surface area contributed by atoms with Gasteiger partial charge < -0.3 is 4.90 Å². The van der Waals surface area contributed by atoms with Crippen molar-refractivity contribution in [1.29, 1.82) is 0 Å². The number of hydrogen-bond acceptors (Lipinski definition) is 1. The van der Waals surface area contributed by atoms with Crippen LogP contribution in [0.3, 0.4) is 0 Å². The summed E-state index contributed by atoms with van der Waals surface area (Å²) in [5.74, 6) is 2.61. The maximum atomic E-state index is 2.63. The summed E-state index contributed by atoms with van der Waals surface area (Å²) in [5.41, 5.74) is 15.0. The Morgan fingerprint density at radius 2 is 0.966 bits per heavy atom. The monoisotopic (exact) mass is 767 g/mol. The SMILES string of the molecule is CCC[C@H](CCCN(c1ccccc1)c1ccc2c(c1)C1(c3ccccc3-2)c2ccccc2C(c2ccccc2)(c2ccccc2)c2ccccc21)C1CCC(C)CC1. The lowest BCUT2D eigenvalue weighted by Crippen LogP contribution is -2.44. The molecule has 1 nitrogen and oxygen atoms in total. The number of para-hydroxylation sites is 1. The maximum absolute atomic E-state index is 2.63. The van der Waals surface area contributed by atoms with E-state index in [4.69, 9.17) is 0 Å². The van der Waals surface area contributed by atoms with Crippen LogP contribution in [0.5, 0.6) is 0 Å². The van der Waals surface area contributed by atoms with E-state index < -0.39 is 10.8 Å². The van der Waals surface area contributed by atoms with Crippen LogP contribution in [0.25, 0.3) is 11.1 Å². The molecular weight excluding hydrogens is 711 g/mol. The fourth-order valence-electron chi connectivity index (χ4n) is 12.0. The molecule has 59 heavy (non-hydrogen) atoms. The second kappa shape index (κ2) is 15.8. The third-order valence-corrected chi connectivity index (χ3v) is 14.6. The van der Waals surface area contributed by atoms with Crippen LogP contribution >= 0.6 is 0 Å². The topological polar surface area (TPSA) is 3.24 Å². The minimum Gasteiger partial charge on any atom is -0.341 e. The van der Waals surface area contributed by atoms with Gasteiger partial charge in [-0.3, -0.25) is 0 Å². The van der Waals surface area contributed by atoms with Crippen LogP contribution in [0.2, 0.25) is 0 Å². The Labute approximate surface area is 352 Å². The van der Waals surface area contributed by atoms with Crippen LogP contribution in [0.1, 0.15) is 110 Å². The van der Waals surface area contributed by atoms with Gasteiger partial charge in [-0.1, -0.05) is 197 Å². The summed E-state index contributed by atoms with van der Waals surface area (Å²) in [5, 5.41) is 0. The van der Waals surface area contributed by atoms with Crippen molar-refractivity contribution in [2.24, 2.45) is 17.8 Å². The third kappa shape index (κ3) is 6.11. The smallest absolute Gasteiger partial charge is 0.0720 e.